The number of aryl methyl sites for hydroxylation is 1. The van der Waals surface area contributed by atoms with E-state index in [2.05, 4.69) is 14.7 Å². The van der Waals surface area contributed by atoms with Crippen molar-refractivity contribution in [1.82, 2.24) is 10.1 Å². The Labute approximate surface area is 79.7 Å². The van der Waals surface area contributed by atoms with Gasteiger partial charge in [-0.05, 0) is 0 Å². The molecule has 0 amide bonds. The number of sulfone groups is 1. The molecule has 0 saturated heterocycles. The average molecular weight is 220 g/mol. The van der Waals surface area contributed by atoms with Crippen molar-refractivity contribution >= 4 is 15.8 Å². The Hall–Kier alpha value is -1.44. The quantitative estimate of drug-likeness (QED) is 0.718. The Morgan fingerprint density at radius 3 is 2.64 bits per heavy atom. The Morgan fingerprint density at radius 2 is 2.21 bits per heavy atom. The molecule has 0 bridgehead atoms. The highest BCUT2D eigenvalue weighted by molar-refractivity contribution is 7.90. The molecule has 0 aliphatic rings. The largest absolute Gasteiger partial charge is 0.474 e. The van der Waals surface area contributed by atoms with Gasteiger partial charge >= 0.3 is 11.9 Å². The van der Waals surface area contributed by atoms with E-state index in [1.807, 2.05) is 0 Å². The first-order chi connectivity index (χ1) is 6.38. The van der Waals surface area contributed by atoms with E-state index < -0.39 is 21.7 Å². The van der Waals surface area contributed by atoms with Crippen LogP contribution in [0.4, 0.5) is 0 Å². The molecule has 0 fully saturated rings. The van der Waals surface area contributed by atoms with Crippen LogP contribution < -0.4 is 0 Å². The van der Waals surface area contributed by atoms with Gasteiger partial charge in [-0.1, -0.05) is 5.16 Å². The maximum absolute atomic E-state index is 10.7. The summed E-state index contributed by atoms with van der Waals surface area (Å²) in [5, 5.41) is 11.7. The maximum Gasteiger partial charge on any atom is 0.394 e. The molecule has 1 heterocycles. The molecule has 1 rings (SSSR count). The van der Waals surface area contributed by atoms with Crippen LogP contribution in [0.15, 0.2) is 4.52 Å². The number of carboxylic acids is 1. The van der Waals surface area contributed by atoms with Crippen LogP contribution >= 0.6 is 0 Å². The summed E-state index contributed by atoms with van der Waals surface area (Å²) in [6, 6.07) is 0. The monoisotopic (exact) mass is 220 g/mol. The van der Waals surface area contributed by atoms with Gasteiger partial charge in [0.25, 0.3) is 0 Å². The fourth-order valence-electron chi connectivity index (χ4n) is 0.719. The Morgan fingerprint density at radius 1 is 1.57 bits per heavy atom. The molecule has 0 atom stereocenters. The van der Waals surface area contributed by atoms with Gasteiger partial charge in [0.1, 0.15) is 9.84 Å². The molecule has 78 valence electrons. The van der Waals surface area contributed by atoms with Crippen molar-refractivity contribution in [2.45, 2.75) is 6.42 Å². The second kappa shape index (κ2) is 3.74. The first-order valence-corrected chi connectivity index (χ1v) is 5.68. The standard InChI is InChI=1S/C6H8N2O5S/c1-14(11,12)3-2-4-7-5(6(9)10)13-8-4/h2-3H2,1H3,(H,9,10). The van der Waals surface area contributed by atoms with Crippen LogP contribution in [0.1, 0.15) is 16.5 Å². The first kappa shape index (κ1) is 10.6. The van der Waals surface area contributed by atoms with E-state index >= 15 is 0 Å². The molecular weight excluding hydrogens is 212 g/mol. The second-order valence-corrected chi connectivity index (χ2v) is 4.96. The van der Waals surface area contributed by atoms with Crippen molar-refractivity contribution in [3.63, 3.8) is 0 Å². The highest BCUT2D eigenvalue weighted by atomic mass is 32.2. The van der Waals surface area contributed by atoms with Gasteiger partial charge in [0.2, 0.25) is 0 Å². The number of carbonyl (C=O) groups is 1. The third kappa shape index (κ3) is 3.13. The zero-order valence-corrected chi connectivity index (χ0v) is 8.11. The maximum atomic E-state index is 10.7. The lowest BCUT2D eigenvalue weighted by Crippen LogP contribution is -2.07. The molecule has 0 spiro atoms. The molecule has 7 nitrogen and oxygen atoms in total. The fourth-order valence-corrected chi connectivity index (χ4v) is 1.27. The van der Waals surface area contributed by atoms with Gasteiger partial charge in [-0.3, -0.25) is 0 Å². The summed E-state index contributed by atoms with van der Waals surface area (Å²) in [5.74, 6) is -1.92. The van der Waals surface area contributed by atoms with Gasteiger partial charge in [-0.25, -0.2) is 13.2 Å². The number of nitrogens with zero attached hydrogens (tertiary/aromatic N) is 2. The summed E-state index contributed by atoms with van der Waals surface area (Å²) in [7, 11) is -3.10. The van der Waals surface area contributed by atoms with Gasteiger partial charge in [-0.15, -0.1) is 0 Å². The predicted molar refractivity (Wildman–Crippen MR) is 44.7 cm³/mol. The van der Waals surface area contributed by atoms with Crippen LogP contribution in [0, 0.1) is 0 Å². The molecular formula is C6H8N2O5S. The van der Waals surface area contributed by atoms with Gasteiger partial charge < -0.3 is 9.63 Å². The van der Waals surface area contributed by atoms with E-state index in [-0.39, 0.29) is 18.0 Å². The molecule has 0 saturated carbocycles. The Balaban J connectivity index is 2.65. The van der Waals surface area contributed by atoms with Gasteiger partial charge in [0, 0.05) is 12.7 Å². The van der Waals surface area contributed by atoms with Gasteiger partial charge in [0.05, 0.1) is 5.75 Å². The van der Waals surface area contributed by atoms with Crippen molar-refractivity contribution in [2.24, 2.45) is 0 Å². The number of carboxylic acid groups (broad SMARTS) is 1. The van der Waals surface area contributed by atoms with Crippen LogP contribution in [0.3, 0.4) is 0 Å². The number of aromatic carboxylic acids is 1. The van der Waals surface area contributed by atoms with Crippen LogP contribution in [-0.2, 0) is 16.3 Å². The summed E-state index contributed by atoms with van der Waals surface area (Å²) in [6.07, 6.45) is 1.13. The van der Waals surface area contributed by atoms with Crippen molar-refractivity contribution in [3.8, 4) is 0 Å². The van der Waals surface area contributed by atoms with E-state index in [1.54, 1.807) is 0 Å². The summed E-state index contributed by atoms with van der Waals surface area (Å²) in [5.41, 5.74) is 0. The highest BCUT2D eigenvalue weighted by Crippen LogP contribution is 1.99. The molecule has 1 aromatic heterocycles. The summed E-state index contributed by atoms with van der Waals surface area (Å²) in [6.45, 7) is 0. The minimum absolute atomic E-state index is 0.0512. The second-order valence-electron chi connectivity index (χ2n) is 2.70. The molecule has 0 aromatic carbocycles. The molecule has 0 radical (unpaired) electrons. The third-order valence-corrected chi connectivity index (χ3v) is 2.29. The summed E-state index contributed by atoms with van der Waals surface area (Å²) >= 11 is 0. The lowest BCUT2D eigenvalue weighted by molar-refractivity contribution is 0.0643. The van der Waals surface area contributed by atoms with Crippen molar-refractivity contribution in [1.29, 1.82) is 0 Å². The van der Waals surface area contributed by atoms with E-state index in [0.29, 0.717) is 0 Å². The summed E-state index contributed by atoms with van der Waals surface area (Å²) < 4.78 is 25.8. The fraction of sp³-hybridized carbons (Fsp3) is 0.500. The molecule has 0 aliphatic carbocycles. The normalized spacial score (nSPS) is 11.5. The minimum Gasteiger partial charge on any atom is -0.474 e. The highest BCUT2D eigenvalue weighted by Gasteiger charge is 2.14. The SMILES string of the molecule is CS(=O)(=O)CCc1noc(C(=O)O)n1. The first-order valence-electron chi connectivity index (χ1n) is 3.62. The number of rotatable bonds is 4. The predicted octanol–water partition coefficient (Wildman–Crippen LogP) is -0.645. The number of aromatic nitrogens is 2. The van der Waals surface area contributed by atoms with Crippen LogP contribution in [0.5, 0.6) is 0 Å². The summed E-state index contributed by atoms with van der Waals surface area (Å²) in [4.78, 5) is 13.8. The lowest BCUT2D eigenvalue weighted by Gasteiger charge is -1.91. The third-order valence-electron chi connectivity index (χ3n) is 1.35. The molecule has 1 aromatic rings. The van der Waals surface area contributed by atoms with Crippen molar-refractivity contribution in [3.05, 3.63) is 11.7 Å². The smallest absolute Gasteiger partial charge is 0.394 e. The van der Waals surface area contributed by atoms with Crippen molar-refractivity contribution in [2.75, 3.05) is 12.0 Å². The minimum atomic E-state index is -3.10. The molecule has 1 N–H and O–H groups in total. The average Bonchev–Trinajstić information content (AvgIpc) is 2.47. The molecule has 8 heteroatoms. The van der Waals surface area contributed by atoms with E-state index in [4.69, 9.17) is 5.11 Å². The Kier molecular flexibility index (Phi) is 2.84. The molecule has 0 unspecified atom stereocenters. The lowest BCUT2D eigenvalue weighted by atomic mass is 10.5. The number of hydrogen-bond donors (Lipinski definition) is 1. The molecule has 0 aliphatic heterocycles. The van der Waals surface area contributed by atoms with Crippen molar-refractivity contribution < 1.29 is 22.8 Å². The Bertz CT molecular complexity index is 435. The topological polar surface area (TPSA) is 110 Å². The van der Waals surface area contributed by atoms with Gasteiger partial charge in [-0.2, -0.15) is 4.98 Å². The van der Waals surface area contributed by atoms with Gasteiger partial charge in [0.15, 0.2) is 5.82 Å². The number of hydrogen-bond acceptors (Lipinski definition) is 6. The van der Waals surface area contributed by atoms with Crippen LogP contribution in [0.2, 0.25) is 0 Å². The van der Waals surface area contributed by atoms with Crippen LogP contribution in [-0.4, -0.2) is 41.6 Å². The van der Waals surface area contributed by atoms with E-state index in [0.717, 1.165) is 6.26 Å². The van der Waals surface area contributed by atoms with E-state index in [1.165, 1.54) is 0 Å². The van der Waals surface area contributed by atoms with E-state index in [9.17, 15) is 13.2 Å². The van der Waals surface area contributed by atoms with Crippen LogP contribution in [0.25, 0.3) is 0 Å². The molecule has 14 heavy (non-hydrogen) atoms. The zero-order chi connectivity index (χ0) is 10.8. The zero-order valence-electron chi connectivity index (χ0n) is 7.30.